The Hall–Kier alpha value is -0.380. The molecular formula is C17H34N2O. The lowest BCUT2D eigenvalue weighted by Crippen LogP contribution is -2.59. The van der Waals surface area contributed by atoms with E-state index in [4.69, 9.17) is 10.5 Å². The van der Waals surface area contributed by atoms with Crippen molar-refractivity contribution in [3.63, 3.8) is 0 Å². The topological polar surface area (TPSA) is 47.3 Å². The van der Waals surface area contributed by atoms with E-state index in [0.29, 0.717) is 24.0 Å². The van der Waals surface area contributed by atoms with Crippen LogP contribution in [0.5, 0.6) is 0 Å². The van der Waals surface area contributed by atoms with Crippen LogP contribution in [0.15, 0.2) is 12.2 Å². The molecule has 0 bridgehead atoms. The second kappa shape index (κ2) is 6.59. The summed E-state index contributed by atoms with van der Waals surface area (Å²) in [4.78, 5) is 0. The van der Waals surface area contributed by atoms with E-state index < -0.39 is 0 Å². The van der Waals surface area contributed by atoms with Gasteiger partial charge in [-0.15, -0.1) is 0 Å². The molecule has 0 radical (unpaired) electrons. The minimum atomic E-state index is 0.0534. The fraction of sp³-hybridized carbons (Fsp3) is 0.882. The largest absolute Gasteiger partial charge is 0.376 e. The van der Waals surface area contributed by atoms with E-state index in [9.17, 15) is 0 Å². The molecule has 3 heteroatoms. The average Bonchev–Trinajstić information content (AvgIpc) is 2.23. The summed E-state index contributed by atoms with van der Waals surface area (Å²) in [6, 6.07) is 0. The summed E-state index contributed by atoms with van der Waals surface area (Å²) >= 11 is 0. The van der Waals surface area contributed by atoms with E-state index in [1.54, 1.807) is 0 Å². The molecule has 0 unspecified atom stereocenters. The van der Waals surface area contributed by atoms with Crippen LogP contribution in [-0.2, 0) is 4.74 Å². The second-order valence-corrected chi connectivity index (χ2v) is 8.28. The third-order valence-corrected chi connectivity index (χ3v) is 4.08. The molecule has 1 rings (SSSR count). The Morgan fingerprint density at radius 1 is 1.15 bits per heavy atom. The van der Waals surface area contributed by atoms with Crippen molar-refractivity contribution in [1.29, 1.82) is 0 Å². The molecule has 0 saturated heterocycles. The second-order valence-electron chi connectivity index (χ2n) is 8.28. The smallest absolute Gasteiger partial charge is 0.0672 e. The number of ether oxygens (including phenoxy) is 1. The first kappa shape index (κ1) is 17.7. The van der Waals surface area contributed by atoms with Gasteiger partial charge in [-0.05, 0) is 37.0 Å². The number of hydrogen-bond acceptors (Lipinski definition) is 3. The summed E-state index contributed by atoms with van der Waals surface area (Å²) in [7, 11) is 0. The van der Waals surface area contributed by atoms with E-state index in [2.05, 4.69) is 39.6 Å². The molecule has 0 aromatic carbocycles. The Bertz CT molecular complexity index is 318. The van der Waals surface area contributed by atoms with Crippen LogP contribution in [0.4, 0.5) is 0 Å². The average molecular weight is 282 g/mol. The molecule has 1 aliphatic carbocycles. The van der Waals surface area contributed by atoms with Crippen LogP contribution in [-0.4, -0.2) is 31.8 Å². The van der Waals surface area contributed by atoms with Crippen LogP contribution < -0.4 is 11.1 Å². The van der Waals surface area contributed by atoms with Crippen LogP contribution in [0.2, 0.25) is 0 Å². The highest BCUT2D eigenvalue weighted by atomic mass is 16.5. The van der Waals surface area contributed by atoms with Crippen LogP contribution in [0, 0.1) is 10.8 Å². The van der Waals surface area contributed by atoms with Crippen molar-refractivity contribution < 1.29 is 4.74 Å². The van der Waals surface area contributed by atoms with Crippen molar-refractivity contribution in [1.82, 2.24) is 5.32 Å². The summed E-state index contributed by atoms with van der Waals surface area (Å²) in [5, 5.41) is 3.69. The van der Waals surface area contributed by atoms with Crippen molar-refractivity contribution in [3.8, 4) is 0 Å². The fourth-order valence-electron chi connectivity index (χ4n) is 4.29. The standard InChI is InChI=1S/C17H34N2O/c1-14(2)9-20-8-7-19-17(13-18)11-15(3,4)10-16(5,6)12-17/h19H,1,7-13,18H2,2-6H3. The molecular weight excluding hydrogens is 248 g/mol. The van der Waals surface area contributed by atoms with Crippen molar-refractivity contribution in [2.24, 2.45) is 16.6 Å². The maximum absolute atomic E-state index is 6.13. The predicted molar refractivity (Wildman–Crippen MR) is 86.8 cm³/mol. The fourth-order valence-corrected chi connectivity index (χ4v) is 4.29. The molecule has 20 heavy (non-hydrogen) atoms. The van der Waals surface area contributed by atoms with Gasteiger partial charge in [-0.2, -0.15) is 0 Å². The zero-order valence-corrected chi connectivity index (χ0v) is 14.1. The summed E-state index contributed by atoms with van der Waals surface area (Å²) in [5.41, 5.74) is 7.93. The van der Waals surface area contributed by atoms with Crippen LogP contribution in [0.1, 0.15) is 53.9 Å². The third-order valence-electron chi connectivity index (χ3n) is 4.08. The van der Waals surface area contributed by atoms with Crippen molar-refractivity contribution in [3.05, 3.63) is 12.2 Å². The van der Waals surface area contributed by atoms with E-state index in [0.717, 1.165) is 31.6 Å². The third kappa shape index (κ3) is 5.55. The number of hydrogen-bond donors (Lipinski definition) is 2. The summed E-state index contributed by atoms with van der Waals surface area (Å²) in [6.07, 6.45) is 3.54. The lowest BCUT2D eigenvalue weighted by Gasteiger charge is -2.52. The van der Waals surface area contributed by atoms with E-state index in [-0.39, 0.29) is 5.54 Å². The van der Waals surface area contributed by atoms with Gasteiger partial charge in [0.25, 0.3) is 0 Å². The number of nitrogens with one attached hydrogen (secondary N) is 1. The Morgan fingerprint density at radius 3 is 2.15 bits per heavy atom. The Morgan fingerprint density at radius 2 is 1.70 bits per heavy atom. The highest BCUT2D eigenvalue weighted by Crippen LogP contribution is 2.49. The molecule has 0 aliphatic heterocycles. The van der Waals surface area contributed by atoms with Crippen LogP contribution in [0.3, 0.4) is 0 Å². The molecule has 0 spiro atoms. The zero-order valence-electron chi connectivity index (χ0n) is 14.1. The molecule has 1 saturated carbocycles. The lowest BCUT2D eigenvalue weighted by atomic mass is 9.58. The minimum absolute atomic E-state index is 0.0534. The molecule has 0 amide bonds. The van der Waals surface area contributed by atoms with E-state index >= 15 is 0 Å². The summed E-state index contributed by atoms with van der Waals surface area (Å²) < 4.78 is 5.58. The molecule has 0 aromatic rings. The van der Waals surface area contributed by atoms with Crippen LogP contribution in [0.25, 0.3) is 0 Å². The van der Waals surface area contributed by atoms with Crippen molar-refractivity contribution >= 4 is 0 Å². The van der Waals surface area contributed by atoms with Gasteiger partial charge in [0.05, 0.1) is 13.2 Å². The predicted octanol–water partition coefficient (Wildman–Crippen LogP) is 3.10. The van der Waals surface area contributed by atoms with Gasteiger partial charge in [0.1, 0.15) is 0 Å². The number of rotatable bonds is 7. The van der Waals surface area contributed by atoms with Crippen molar-refractivity contribution in [2.45, 2.75) is 59.4 Å². The molecule has 0 aromatic heterocycles. The van der Waals surface area contributed by atoms with E-state index in [1.807, 2.05) is 6.92 Å². The zero-order chi connectivity index (χ0) is 15.4. The Labute approximate surface area is 125 Å². The number of nitrogens with two attached hydrogens (primary N) is 1. The van der Waals surface area contributed by atoms with Crippen LogP contribution >= 0.6 is 0 Å². The highest BCUT2D eigenvalue weighted by molar-refractivity contribution is 5.03. The lowest BCUT2D eigenvalue weighted by molar-refractivity contribution is 0.0277. The quantitative estimate of drug-likeness (QED) is 0.557. The Balaban J connectivity index is 2.55. The normalized spacial score (nSPS) is 23.5. The molecule has 0 atom stereocenters. The molecule has 3 nitrogen and oxygen atoms in total. The summed E-state index contributed by atoms with van der Waals surface area (Å²) in [5.74, 6) is 0. The van der Waals surface area contributed by atoms with Gasteiger partial charge < -0.3 is 15.8 Å². The van der Waals surface area contributed by atoms with Gasteiger partial charge >= 0.3 is 0 Å². The summed E-state index contributed by atoms with van der Waals surface area (Å²) in [6.45, 7) is 18.2. The molecule has 3 N–H and O–H groups in total. The molecule has 1 fully saturated rings. The molecule has 0 heterocycles. The molecule has 118 valence electrons. The SMILES string of the molecule is C=C(C)COCCNC1(CN)CC(C)(C)CC(C)(C)C1. The Kier molecular flexibility index (Phi) is 5.82. The van der Waals surface area contributed by atoms with Crippen molar-refractivity contribution in [2.75, 3.05) is 26.3 Å². The minimum Gasteiger partial charge on any atom is -0.376 e. The van der Waals surface area contributed by atoms with Gasteiger partial charge in [-0.1, -0.05) is 39.8 Å². The van der Waals surface area contributed by atoms with Gasteiger partial charge in [0, 0.05) is 18.6 Å². The molecule has 1 aliphatic rings. The highest BCUT2D eigenvalue weighted by Gasteiger charge is 2.46. The first-order valence-corrected chi connectivity index (χ1v) is 7.77. The van der Waals surface area contributed by atoms with E-state index in [1.165, 1.54) is 6.42 Å². The van der Waals surface area contributed by atoms with Gasteiger partial charge in [0.15, 0.2) is 0 Å². The maximum Gasteiger partial charge on any atom is 0.0672 e. The van der Waals surface area contributed by atoms with Gasteiger partial charge in [-0.25, -0.2) is 0 Å². The monoisotopic (exact) mass is 282 g/mol. The first-order valence-electron chi connectivity index (χ1n) is 7.77. The van der Waals surface area contributed by atoms with Gasteiger partial charge in [0.2, 0.25) is 0 Å². The van der Waals surface area contributed by atoms with Gasteiger partial charge in [-0.3, -0.25) is 0 Å². The first-order chi connectivity index (χ1) is 9.10. The maximum atomic E-state index is 6.13.